The predicted molar refractivity (Wildman–Crippen MR) is 88.1 cm³/mol. The van der Waals surface area contributed by atoms with Gasteiger partial charge in [-0.25, -0.2) is 4.98 Å². The number of hydrogen-bond donors (Lipinski definition) is 1. The molecule has 0 aliphatic carbocycles. The molecule has 3 aromatic rings. The van der Waals surface area contributed by atoms with Gasteiger partial charge in [-0.1, -0.05) is 24.3 Å². The Balaban J connectivity index is 1.95. The third-order valence-corrected chi connectivity index (χ3v) is 4.21. The third-order valence-electron chi connectivity index (χ3n) is 3.32. The first-order chi connectivity index (χ1) is 10.2. The molecule has 0 atom stereocenters. The molecule has 0 aliphatic heterocycles. The first-order valence-corrected chi connectivity index (χ1v) is 7.74. The van der Waals surface area contributed by atoms with Gasteiger partial charge in [0.1, 0.15) is 5.01 Å². The van der Waals surface area contributed by atoms with Gasteiger partial charge in [0.15, 0.2) is 0 Å². The highest BCUT2D eigenvalue weighted by Crippen LogP contribution is 2.29. The largest absolute Gasteiger partial charge is 0.326 e. The smallest absolute Gasteiger partial charge is 0.124 e. The number of aromatic nitrogens is 2. The standard InChI is InChI=1S/C17H17N3S/c1-11-7-15(8-12(2)19-11)17-20-16(10-21-17)14-5-3-13(9-18)4-6-14/h3-8,10H,9,18H2,1-2H3. The average molecular weight is 295 g/mol. The number of nitrogens with zero attached hydrogens (tertiary/aromatic N) is 2. The summed E-state index contributed by atoms with van der Waals surface area (Å²) in [5.74, 6) is 0. The third kappa shape index (κ3) is 3.01. The molecule has 0 radical (unpaired) electrons. The van der Waals surface area contributed by atoms with E-state index in [4.69, 9.17) is 10.7 Å². The zero-order valence-corrected chi connectivity index (χ0v) is 12.9. The highest BCUT2D eigenvalue weighted by Gasteiger charge is 2.08. The number of pyridine rings is 1. The van der Waals surface area contributed by atoms with Crippen molar-refractivity contribution >= 4 is 11.3 Å². The van der Waals surface area contributed by atoms with Gasteiger partial charge >= 0.3 is 0 Å². The number of hydrogen-bond acceptors (Lipinski definition) is 4. The van der Waals surface area contributed by atoms with E-state index < -0.39 is 0 Å². The van der Waals surface area contributed by atoms with Crippen molar-refractivity contribution in [3.63, 3.8) is 0 Å². The van der Waals surface area contributed by atoms with Gasteiger partial charge in [0.2, 0.25) is 0 Å². The van der Waals surface area contributed by atoms with Crippen molar-refractivity contribution in [3.05, 3.63) is 58.7 Å². The molecule has 0 unspecified atom stereocenters. The summed E-state index contributed by atoms with van der Waals surface area (Å²) in [6.45, 7) is 4.59. The number of nitrogens with two attached hydrogens (primary N) is 1. The normalized spacial score (nSPS) is 10.8. The Labute approximate surface area is 128 Å². The van der Waals surface area contributed by atoms with Crippen molar-refractivity contribution in [2.45, 2.75) is 20.4 Å². The van der Waals surface area contributed by atoms with Crippen LogP contribution in [0.25, 0.3) is 21.8 Å². The van der Waals surface area contributed by atoms with Gasteiger partial charge in [0, 0.05) is 34.4 Å². The van der Waals surface area contributed by atoms with E-state index in [1.165, 1.54) is 0 Å². The number of rotatable bonds is 3. The second-order valence-corrected chi connectivity index (χ2v) is 5.94. The van der Waals surface area contributed by atoms with Gasteiger partial charge in [-0.15, -0.1) is 11.3 Å². The van der Waals surface area contributed by atoms with E-state index in [0.29, 0.717) is 6.54 Å². The molecule has 4 heteroatoms. The number of thiazole rings is 1. The summed E-state index contributed by atoms with van der Waals surface area (Å²) in [6.07, 6.45) is 0. The maximum Gasteiger partial charge on any atom is 0.124 e. The minimum atomic E-state index is 0.568. The van der Waals surface area contributed by atoms with E-state index in [9.17, 15) is 0 Å². The fourth-order valence-electron chi connectivity index (χ4n) is 2.31. The van der Waals surface area contributed by atoms with E-state index in [0.717, 1.165) is 38.8 Å². The quantitative estimate of drug-likeness (QED) is 0.796. The summed E-state index contributed by atoms with van der Waals surface area (Å²) in [4.78, 5) is 9.16. The molecule has 0 amide bonds. The van der Waals surface area contributed by atoms with E-state index in [-0.39, 0.29) is 0 Å². The molecule has 2 N–H and O–H groups in total. The molecule has 0 aliphatic rings. The van der Waals surface area contributed by atoms with Crippen molar-refractivity contribution in [1.82, 2.24) is 9.97 Å². The monoisotopic (exact) mass is 295 g/mol. The van der Waals surface area contributed by atoms with Crippen LogP contribution in [0, 0.1) is 13.8 Å². The Kier molecular flexibility index (Phi) is 3.82. The molecule has 0 bridgehead atoms. The Bertz CT molecular complexity index is 740. The number of benzene rings is 1. The van der Waals surface area contributed by atoms with Crippen LogP contribution in [0.1, 0.15) is 17.0 Å². The maximum absolute atomic E-state index is 5.63. The summed E-state index contributed by atoms with van der Waals surface area (Å²) in [6, 6.07) is 12.4. The van der Waals surface area contributed by atoms with E-state index in [2.05, 4.69) is 46.8 Å². The lowest BCUT2D eigenvalue weighted by molar-refractivity contribution is 1.07. The van der Waals surface area contributed by atoms with Gasteiger partial charge in [-0.2, -0.15) is 0 Å². The van der Waals surface area contributed by atoms with E-state index >= 15 is 0 Å². The fourth-order valence-corrected chi connectivity index (χ4v) is 3.13. The van der Waals surface area contributed by atoms with E-state index in [1.807, 2.05) is 13.8 Å². The lowest BCUT2D eigenvalue weighted by Gasteiger charge is -2.01. The molecule has 0 saturated heterocycles. The molecular weight excluding hydrogens is 278 g/mol. The molecule has 2 heterocycles. The lowest BCUT2D eigenvalue weighted by atomic mass is 10.1. The van der Waals surface area contributed by atoms with Crippen LogP contribution in [0.5, 0.6) is 0 Å². The van der Waals surface area contributed by atoms with Crippen molar-refractivity contribution in [2.24, 2.45) is 5.73 Å². The summed E-state index contributed by atoms with van der Waals surface area (Å²) in [5, 5.41) is 3.12. The highest BCUT2D eigenvalue weighted by atomic mass is 32.1. The number of aryl methyl sites for hydroxylation is 2. The van der Waals surface area contributed by atoms with Crippen LogP contribution in [-0.2, 0) is 6.54 Å². The van der Waals surface area contributed by atoms with Crippen LogP contribution in [0.3, 0.4) is 0 Å². The summed E-state index contributed by atoms with van der Waals surface area (Å²) in [7, 11) is 0. The highest BCUT2D eigenvalue weighted by molar-refractivity contribution is 7.13. The lowest BCUT2D eigenvalue weighted by Crippen LogP contribution is -1.95. The van der Waals surface area contributed by atoms with Crippen molar-refractivity contribution in [3.8, 4) is 21.8 Å². The predicted octanol–water partition coefficient (Wildman–Crippen LogP) is 3.95. The summed E-state index contributed by atoms with van der Waals surface area (Å²) >= 11 is 1.66. The SMILES string of the molecule is Cc1cc(-c2nc(-c3ccc(CN)cc3)cs2)cc(C)n1. The molecule has 3 nitrogen and oxygen atoms in total. The van der Waals surface area contributed by atoms with Gasteiger partial charge in [-0.05, 0) is 31.5 Å². The first-order valence-electron chi connectivity index (χ1n) is 6.86. The summed E-state index contributed by atoms with van der Waals surface area (Å²) < 4.78 is 0. The molecule has 3 rings (SSSR count). The maximum atomic E-state index is 5.63. The van der Waals surface area contributed by atoms with Gasteiger partial charge in [-0.3, -0.25) is 4.98 Å². The zero-order chi connectivity index (χ0) is 14.8. The second-order valence-electron chi connectivity index (χ2n) is 5.08. The Hall–Kier alpha value is -2.04. The van der Waals surface area contributed by atoms with Crippen molar-refractivity contribution in [1.29, 1.82) is 0 Å². The Morgan fingerprint density at radius 3 is 2.24 bits per heavy atom. The van der Waals surface area contributed by atoms with Crippen LogP contribution < -0.4 is 5.73 Å². The Morgan fingerprint density at radius 1 is 0.952 bits per heavy atom. The first kappa shape index (κ1) is 13.9. The van der Waals surface area contributed by atoms with Crippen LogP contribution in [0.4, 0.5) is 0 Å². The average Bonchev–Trinajstić information content (AvgIpc) is 2.96. The van der Waals surface area contributed by atoms with Gasteiger partial charge in [0.25, 0.3) is 0 Å². The Morgan fingerprint density at radius 2 is 1.62 bits per heavy atom. The molecule has 2 aromatic heterocycles. The topological polar surface area (TPSA) is 51.8 Å². The van der Waals surface area contributed by atoms with Gasteiger partial charge in [0.05, 0.1) is 5.69 Å². The fraction of sp³-hybridized carbons (Fsp3) is 0.176. The molecule has 106 valence electrons. The van der Waals surface area contributed by atoms with Crippen molar-refractivity contribution < 1.29 is 0 Å². The summed E-state index contributed by atoms with van der Waals surface area (Å²) in [5.41, 5.74) is 12.1. The molecule has 0 spiro atoms. The van der Waals surface area contributed by atoms with E-state index in [1.54, 1.807) is 11.3 Å². The van der Waals surface area contributed by atoms with Crippen LogP contribution in [-0.4, -0.2) is 9.97 Å². The molecule has 1 aromatic carbocycles. The van der Waals surface area contributed by atoms with Crippen LogP contribution >= 0.6 is 11.3 Å². The minimum Gasteiger partial charge on any atom is -0.326 e. The van der Waals surface area contributed by atoms with Crippen LogP contribution in [0.2, 0.25) is 0 Å². The second kappa shape index (κ2) is 5.76. The zero-order valence-electron chi connectivity index (χ0n) is 12.1. The molecule has 21 heavy (non-hydrogen) atoms. The molecule has 0 saturated carbocycles. The van der Waals surface area contributed by atoms with Crippen molar-refractivity contribution in [2.75, 3.05) is 0 Å². The molecule has 0 fully saturated rings. The van der Waals surface area contributed by atoms with Gasteiger partial charge < -0.3 is 5.73 Å². The van der Waals surface area contributed by atoms with Crippen LogP contribution in [0.15, 0.2) is 41.8 Å². The molecular formula is C17H17N3S. The minimum absolute atomic E-state index is 0.568.